The molecule has 6 aromatic heterocycles. The molecule has 0 atom stereocenters. The number of H-pyrrole nitrogens is 2. The van der Waals surface area contributed by atoms with Crippen LogP contribution >= 0.6 is 0 Å². The van der Waals surface area contributed by atoms with E-state index in [4.69, 9.17) is 4.98 Å². The van der Waals surface area contributed by atoms with Gasteiger partial charge in [0.2, 0.25) is 0 Å². The summed E-state index contributed by atoms with van der Waals surface area (Å²) in [6.45, 7) is 6.15. The summed E-state index contributed by atoms with van der Waals surface area (Å²) in [4.78, 5) is 25.9. The lowest BCUT2D eigenvalue weighted by Gasteiger charge is -2.10. The molecule has 0 fully saturated rings. The fraction of sp³-hybridized carbons (Fsp3) is 0.167. The third kappa shape index (κ3) is 3.45. The van der Waals surface area contributed by atoms with E-state index in [1.807, 2.05) is 42.3 Å². The summed E-state index contributed by atoms with van der Waals surface area (Å²) < 4.78 is 1.94. The lowest BCUT2D eigenvalue weighted by Crippen LogP contribution is -2.09. The van der Waals surface area contributed by atoms with Gasteiger partial charge in [-0.1, -0.05) is 0 Å². The van der Waals surface area contributed by atoms with E-state index >= 15 is 0 Å². The number of aromatic amines is 2. The number of nitrogens with zero attached hydrogens (tertiary/aromatic N) is 7. The zero-order valence-electron chi connectivity index (χ0n) is 18.9. The van der Waals surface area contributed by atoms with Gasteiger partial charge < -0.3 is 14.9 Å². The molecule has 0 aliphatic carbocycles. The number of imidazole rings is 2. The maximum atomic E-state index is 4.84. The highest BCUT2D eigenvalue weighted by Crippen LogP contribution is 2.30. The number of aromatic nitrogens is 9. The van der Waals surface area contributed by atoms with Crippen molar-refractivity contribution in [2.24, 2.45) is 0 Å². The predicted molar refractivity (Wildman–Crippen MR) is 131 cm³/mol. The number of rotatable bonds is 5. The second kappa shape index (κ2) is 7.77. The minimum absolute atomic E-state index is 0.316. The first-order valence-electron chi connectivity index (χ1n) is 11.0. The van der Waals surface area contributed by atoms with Gasteiger partial charge in [-0.15, -0.1) is 0 Å². The Labute approximate surface area is 194 Å². The van der Waals surface area contributed by atoms with E-state index in [0.717, 1.165) is 39.1 Å². The maximum absolute atomic E-state index is 4.84. The van der Waals surface area contributed by atoms with Crippen LogP contribution in [-0.4, -0.2) is 50.7 Å². The Bertz CT molecular complexity index is 1640. The van der Waals surface area contributed by atoms with Crippen molar-refractivity contribution in [2.45, 2.75) is 26.8 Å². The Morgan fingerprint density at radius 2 is 1.88 bits per heavy atom. The fourth-order valence-electron chi connectivity index (χ4n) is 4.02. The molecule has 168 valence electrons. The maximum Gasteiger partial charge on any atom is 0.161 e. The van der Waals surface area contributed by atoms with Crippen LogP contribution < -0.4 is 5.32 Å². The van der Waals surface area contributed by atoms with Crippen LogP contribution in [0.15, 0.2) is 55.5 Å². The topological polar surface area (TPSA) is 126 Å². The lowest BCUT2D eigenvalue weighted by molar-refractivity contribution is 0.898. The molecule has 0 amide bonds. The van der Waals surface area contributed by atoms with Gasteiger partial charge in [0, 0.05) is 48.2 Å². The molecule has 34 heavy (non-hydrogen) atoms. The van der Waals surface area contributed by atoms with E-state index in [1.54, 1.807) is 12.5 Å². The molecule has 0 aliphatic heterocycles. The van der Waals surface area contributed by atoms with Crippen LogP contribution in [0.3, 0.4) is 0 Å². The fourth-order valence-corrected chi connectivity index (χ4v) is 4.02. The van der Waals surface area contributed by atoms with Crippen LogP contribution in [0.2, 0.25) is 0 Å². The summed E-state index contributed by atoms with van der Waals surface area (Å²) in [5, 5.41) is 11.8. The number of pyridine rings is 3. The van der Waals surface area contributed by atoms with Crippen LogP contribution in [0.25, 0.3) is 50.5 Å². The second-order valence-electron chi connectivity index (χ2n) is 8.49. The zero-order valence-corrected chi connectivity index (χ0v) is 18.9. The molecular formula is C24H22N10. The summed E-state index contributed by atoms with van der Waals surface area (Å²) in [5.41, 5.74) is 7.48. The van der Waals surface area contributed by atoms with Crippen molar-refractivity contribution < 1.29 is 0 Å². The molecule has 3 N–H and O–H groups in total. The monoisotopic (exact) mass is 450 g/mol. The highest BCUT2D eigenvalue weighted by Gasteiger charge is 2.17. The van der Waals surface area contributed by atoms with Gasteiger partial charge in [0.05, 0.1) is 28.8 Å². The van der Waals surface area contributed by atoms with Gasteiger partial charge in [-0.05, 0) is 39.0 Å². The van der Waals surface area contributed by atoms with Gasteiger partial charge in [0.1, 0.15) is 11.2 Å². The molecule has 0 aromatic carbocycles. The van der Waals surface area contributed by atoms with Gasteiger partial charge >= 0.3 is 0 Å². The summed E-state index contributed by atoms with van der Waals surface area (Å²) >= 11 is 0. The quantitative estimate of drug-likeness (QED) is 0.358. The van der Waals surface area contributed by atoms with Gasteiger partial charge in [-0.25, -0.2) is 19.9 Å². The molecule has 0 saturated carbocycles. The molecule has 6 aromatic rings. The van der Waals surface area contributed by atoms with Crippen LogP contribution in [0, 0.1) is 6.92 Å². The van der Waals surface area contributed by atoms with Crippen molar-refractivity contribution in [1.82, 2.24) is 44.7 Å². The molecule has 0 unspecified atom stereocenters. The normalized spacial score (nSPS) is 11.6. The van der Waals surface area contributed by atoms with Crippen molar-refractivity contribution >= 4 is 27.9 Å². The lowest BCUT2D eigenvalue weighted by atomic mass is 10.1. The number of anilines is 1. The number of fused-ring (bicyclic) bond motifs is 2. The Morgan fingerprint density at radius 1 is 1.00 bits per heavy atom. The zero-order chi connectivity index (χ0) is 23.2. The second-order valence-corrected chi connectivity index (χ2v) is 8.49. The molecule has 6 heterocycles. The number of hydrogen-bond donors (Lipinski definition) is 3. The Morgan fingerprint density at radius 3 is 2.71 bits per heavy atom. The first kappa shape index (κ1) is 20.0. The first-order valence-corrected chi connectivity index (χ1v) is 11.0. The molecule has 0 spiro atoms. The summed E-state index contributed by atoms with van der Waals surface area (Å²) in [5.74, 6) is 0.616. The molecule has 0 radical (unpaired) electrons. The molecule has 0 bridgehead atoms. The minimum Gasteiger partial charge on any atom is -0.382 e. The van der Waals surface area contributed by atoms with E-state index in [2.05, 4.69) is 66.4 Å². The van der Waals surface area contributed by atoms with E-state index < -0.39 is 0 Å². The predicted octanol–water partition coefficient (Wildman–Crippen LogP) is 4.27. The van der Waals surface area contributed by atoms with Gasteiger partial charge in [-0.3, -0.25) is 10.1 Å². The minimum atomic E-state index is 0.316. The van der Waals surface area contributed by atoms with Gasteiger partial charge in [0.15, 0.2) is 17.1 Å². The van der Waals surface area contributed by atoms with Gasteiger partial charge in [0.25, 0.3) is 0 Å². The van der Waals surface area contributed by atoms with E-state index in [9.17, 15) is 0 Å². The van der Waals surface area contributed by atoms with Crippen LogP contribution in [-0.2, 0) is 0 Å². The van der Waals surface area contributed by atoms with Crippen molar-refractivity contribution in [3.05, 3.63) is 61.2 Å². The average molecular weight is 451 g/mol. The van der Waals surface area contributed by atoms with Crippen LogP contribution in [0.4, 0.5) is 5.69 Å². The van der Waals surface area contributed by atoms with E-state index in [-0.39, 0.29) is 0 Å². The Hall–Kier alpha value is -4.60. The molecule has 10 heteroatoms. The van der Waals surface area contributed by atoms with Gasteiger partial charge in [-0.2, -0.15) is 5.10 Å². The SMILES string of the molecule is Cc1cn(-c2ccnc3[nH]c(-c4n[nH]c5ncc(-c6cncc(NC(C)C)c6)cc45)nc23)cn1. The van der Waals surface area contributed by atoms with Crippen molar-refractivity contribution in [3.63, 3.8) is 0 Å². The van der Waals surface area contributed by atoms with E-state index in [1.165, 1.54) is 0 Å². The summed E-state index contributed by atoms with van der Waals surface area (Å²) in [7, 11) is 0. The highest BCUT2D eigenvalue weighted by molar-refractivity contribution is 5.94. The molecule has 6 rings (SSSR count). The Kier molecular flexibility index (Phi) is 4.58. The third-order valence-corrected chi connectivity index (χ3v) is 5.52. The Balaban J connectivity index is 1.45. The highest BCUT2D eigenvalue weighted by atomic mass is 15.2. The van der Waals surface area contributed by atoms with Crippen LogP contribution in [0.5, 0.6) is 0 Å². The van der Waals surface area contributed by atoms with Crippen molar-refractivity contribution in [3.8, 4) is 28.3 Å². The number of nitrogens with one attached hydrogen (secondary N) is 3. The largest absolute Gasteiger partial charge is 0.382 e. The van der Waals surface area contributed by atoms with Crippen molar-refractivity contribution in [2.75, 3.05) is 5.32 Å². The average Bonchev–Trinajstić information content (AvgIpc) is 3.55. The van der Waals surface area contributed by atoms with E-state index in [0.29, 0.717) is 28.9 Å². The standard InChI is InChI=1S/C24H22N10/c1-13(2)29-17-6-15(8-25-10-17)16-7-18-20(32-33-22(18)27-9-16)24-30-21-19(4-5-26-23(21)31-24)34-11-14(3)28-12-34/h4-13,29H,1-3H3,(H,26,30,31)(H,27,32,33). The molecule has 0 saturated heterocycles. The molecule has 10 nitrogen and oxygen atoms in total. The smallest absolute Gasteiger partial charge is 0.161 e. The summed E-state index contributed by atoms with van der Waals surface area (Å²) in [6, 6.07) is 6.36. The number of aryl methyl sites for hydroxylation is 1. The van der Waals surface area contributed by atoms with Crippen LogP contribution in [0.1, 0.15) is 19.5 Å². The summed E-state index contributed by atoms with van der Waals surface area (Å²) in [6.07, 6.45) is 11.0. The number of hydrogen-bond acceptors (Lipinski definition) is 7. The first-order chi connectivity index (χ1) is 16.5. The molecule has 0 aliphatic rings. The molecular weight excluding hydrogens is 428 g/mol. The third-order valence-electron chi connectivity index (χ3n) is 5.52. The van der Waals surface area contributed by atoms with Crippen molar-refractivity contribution in [1.29, 1.82) is 0 Å².